The molecule has 32 heavy (non-hydrogen) atoms. The molecule has 0 atom stereocenters. The molecule has 0 saturated carbocycles. The zero-order chi connectivity index (χ0) is 21.9. The summed E-state index contributed by atoms with van der Waals surface area (Å²) in [6, 6.07) is 28.3. The van der Waals surface area contributed by atoms with E-state index in [1.165, 1.54) is 11.8 Å². The Morgan fingerprint density at radius 2 is 1.47 bits per heavy atom. The van der Waals surface area contributed by atoms with Crippen LogP contribution in [0.15, 0.2) is 105 Å². The number of aromatic hydroxyl groups is 1. The molecule has 0 radical (unpaired) electrons. The molecule has 6 heteroatoms. The van der Waals surface area contributed by atoms with Gasteiger partial charge in [0.15, 0.2) is 5.16 Å². The first-order valence-electron chi connectivity index (χ1n) is 10.1. The Bertz CT molecular complexity index is 1450. The topological polar surface area (TPSA) is 76.2 Å². The van der Waals surface area contributed by atoms with Gasteiger partial charge in [-0.05, 0) is 23.8 Å². The van der Waals surface area contributed by atoms with E-state index in [0.717, 1.165) is 11.1 Å². The number of thioether (sulfide) groups is 1. The Balaban J connectivity index is 1.65. The van der Waals surface area contributed by atoms with Gasteiger partial charge in [0, 0.05) is 11.3 Å². The van der Waals surface area contributed by atoms with E-state index >= 15 is 0 Å². The molecule has 1 N–H and O–H groups in total. The molecule has 3 aromatic carbocycles. The van der Waals surface area contributed by atoms with E-state index in [4.69, 9.17) is 9.40 Å². The summed E-state index contributed by atoms with van der Waals surface area (Å²) in [6.07, 6.45) is 0. The first-order chi connectivity index (χ1) is 15.7. The van der Waals surface area contributed by atoms with Crippen molar-refractivity contribution in [2.45, 2.75) is 10.9 Å². The molecule has 0 aliphatic rings. The average molecular weight is 439 g/mol. The van der Waals surface area contributed by atoms with Gasteiger partial charge in [0.25, 0.3) is 0 Å². The molecule has 2 heterocycles. The highest BCUT2D eigenvalue weighted by atomic mass is 32.2. The average Bonchev–Trinajstić information content (AvgIpc) is 2.84. The van der Waals surface area contributed by atoms with Crippen LogP contribution >= 0.6 is 11.8 Å². The molecule has 0 saturated heterocycles. The number of para-hydroxylation sites is 1. The van der Waals surface area contributed by atoms with Crippen molar-refractivity contribution >= 4 is 22.7 Å². The van der Waals surface area contributed by atoms with Crippen molar-refractivity contribution in [3.8, 4) is 28.3 Å². The van der Waals surface area contributed by atoms with E-state index in [1.54, 1.807) is 30.3 Å². The predicted octanol–water partition coefficient (Wildman–Crippen LogP) is 5.91. The fourth-order valence-electron chi connectivity index (χ4n) is 3.46. The number of benzene rings is 3. The largest absolute Gasteiger partial charge is 0.506 e. The maximum absolute atomic E-state index is 12.8. The number of aromatic nitrogens is 2. The third kappa shape index (κ3) is 4.00. The molecular formula is C26H18N2O3S. The van der Waals surface area contributed by atoms with E-state index in [-0.39, 0.29) is 11.3 Å². The number of rotatable bonds is 5. The minimum Gasteiger partial charge on any atom is -0.506 e. The summed E-state index contributed by atoms with van der Waals surface area (Å²) in [5.74, 6) is 0.533. The number of hydrogen-bond acceptors (Lipinski definition) is 6. The lowest BCUT2D eigenvalue weighted by atomic mass is 10.1. The Labute approximate surface area is 188 Å². The van der Waals surface area contributed by atoms with E-state index in [9.17, 15) is 9.90 Å². The van der Waals surface area contributed by atoms with Crippen molar-refractivity contribution in [3.63, 3.8) is 0 Å². The van der Waals surface area contributed by atoms with Crippen molar-refractivity contribution in [1.29, 1.82) is 0 Å². The molecule has 0 fully saturated rings. The van der Waals surface area contributed by atoms with Gasteiger partial charge in [0.2, 0.25) is 0 Å². The molecule has 0 bridgehead atoms. The number of fused-ring (bicyclic) bond motifs is 1. The lowest BCUT2D eigenvalue weighted by molar-refractivity contribution is 0.470. The molecule has 5 aromatic rings. The van der Waals surface area contributed by atoms with Crippen molar-refractivity contribution in [1.82, 2.24) is 9.97 Å². The molecule has 0 unspecified atom stereocenters. The third-order valence-corrected chi connectivity index (χ3v) is 5.95. The van der Waals surface area contributed by atoms with Gasteiger partial charge in [0.05, 0.1) is 16.8 Å². The van der Waals surface area contributed by atoms with Gasteiger partial charge in [0.1, 0.15) is 16.9 Å². The number of nitrogens with zero attached hydrogens (tertiary/aromatic N) is 2. The minimum absolute atomic E-state index is 0.0323. The summed E-state index contributed by atoms with van der Waals surface area (Å²) in [7, 11) is 0. The summed E-state index contributed by atoms with van der Waals surface area (Å²) >= 11 is 1.47. The Hall–Kier alpha value is -3.90. The molecule has 2 aromatic heterocycles. The Morgan fingerprint density at radius 1 is 0.812 bits per heavy atom. The first-order valence-corrected chi connectivity index (χ1v) is 11.0. The standard InChI is InChI=1S/C26H18N2O3S/c29-24-19-13-7-8-14-22(19)31-25(30)23(24)21-15-20(18-11-5-2-6-12-18)27-26(28-21)32-16-17-9-3-1-4-10-17/h1-15,29H,16H2. The van der Waals surface area contributed by atoms with Crippen LogP contribution in [0.5, 0.6) is 5.75 Å². The fraction of sp³-hybridized carbons (Fsp3) is 0.0385. The molecule has 5 nitrogen and oxygen atoms in total. The lowest BCUT2D eigenvalue weighted by Crippen LogP contribution is -2.06. The second kappa shape index (κ2) is 8.69. The Kier molecular flexibility index (Phi) is 5.44. The summed E-state index contributed by atoms with van der Waals surface area (Å²) in [4.78, 5) is 22.1. The highest BCUT2D eigenvalue weighted by Gasteiger charge is 2.19. The van der Waals surface area contributed by atoms with E-state index in [2.05, 4.69) is 4.98 Å². The van der Waals surface area contributed by atoms with Crippen molar-refractivity contribution in [3.05, 3.63) is 107 Å². The fourth-order valence-corrected chi connectivity index (χ4v) is 4.27. The van der Waals surface area contributed by atoms with Crippen LogP contribution in [0.2, 0.25) is 0 Å². The zero-order valence-corrected chi connectivity index (χ0v) is 17.8. The van der Waals surface area contributed by atoms with Gasteiger partial charge in [-0.3, -0.25) is 0 Å². The van der Waals surface area contributed by atoms with Crippen molar-refractivity contribution < 1.29 is 9.52 Å². The maximum atomic E-state index is 12.8. The minimum atomic E-state index is -0.641. The van der Waals surface area contributed by atoms with Crippen LogP contribution in [0.25, 0.3) is 33.5 Å². The van der Waals surface area contributed by atoms with E-state index in [1.807, 2.05) is 60.7 Å². The van der Waals surface area contributed by atoms with Crippen LogP contribution in [0.3, 0.4) is 0 Å². The second-order valence-electron chi connectivity index (χ2n) is 7.17. The van der Waals surface area contributed by atoms with Gasteiger partial charge in [-0.2, -0.15) is 0 Å². The predicted molar refractivity (Wildman–Crippen MR) is 127 cm³/mol. The molecule has 156 valence electrons. The molecule has 0 amide bonds. The Morgan fingerprint density at radius 3 is 2.25 bits per heavy atom. The van der Waals surface area contributed by atoms with Crippen molar-refractivity contribution in [2.24, 2.45) is 0 Å². The first kappa shape index (κ1) is 20.0. The highest BCUT2D eigenvalue weighted by Crippen LogP contribution is 2.34. The molecule has 5 rings (SSSR count). The van der Waals surface area contributed by atoms with E-state index < -0.39 is 5.63 Å². The lowest BCUT2D eigenvalue weighted by Gasteiger charge is -2.10. The van der Waals surface area contributed by atoms with Gasteiger partial charge in [-0.15, -0.1) is 0 Å². The molecular weight excluding hydrogens is 420 g/mol. The van der Waals surface area contributed by atoms with Crippen LogP contribution in [0.4, 0.5) is 0 Å². The zero-order valence-electron chi connectivity index (χ0n) is 16.9. The van der Waals surface area contributed by atoms with Crippen LogP contribution in [-0.4, -0.2) is 15.1 Å². The molecule has 0 aliphatic heterocycles. The third-order valence-electron chi connectivity index (χ3n) is 5.03. The normalized spacial score (nSPS) is 11.0. The van der Waals surface area contributed by atoms with Crippen LogP contribution < -0.4 is 5.63 Å². The monoisotopic (exact) mass is 438 g/mol. The van der Waals surface area contributed by atoms with Gasteiger partial charge >= 0.3 is 5.63 Å². The van der Waals surface area contributed by atoms with Gasteiger partial charge in [-0.25, -0.2) is 14.8 Å². The molecule has 0 spiro atoms. The maximum Gasteiger partial charge on any atom is 0.349 e. The van der Waals surface area contributed by atoms with E-state index in [0.29, 0.717) is 33.3 Å². The summed E-state index contributed by atoms with van der Waals surface area (Å²) < 4.78 is 5.46. The summed E-state index contributed by atoms with van der Waals surface area (Å²) in [5, 5.41) is 11.9. The van der Waals surface area contributed by atoms with Crippen LogP contribution in [-0.2, 0) is 5.75 Å². The summed E-state index contributed by atoms with van der Waals surface area (Å²) in [6.45, 7) is 0. The van der Waals surface area contributed by atoms with Crippen LogP contribution in [0, 0.1) is 0 Å². The molecule has 0 aliphatic carbocycles. The smallest absolute Gasteiger partial charge is 0.349 e. The highest BCUT2D eigenvalue weighted by molar-refractivity contribution is 7.98. The number of hydrogen-bond donors (Lipinski definition) is 1. The summed E-state index contributed by atoms with van der Waals surface area (Å²) in [5.41, 5.74) is 2.74. The van der Waals surface area contributed by atoms with Gasteiger partial charge in [-0.1, -0.05) is 84.6 Å². The quantitative estimate of drug-likeness (QED) is 0.209. The van der Waals surface area contributed by atoms with Crippen molar-refractivity contribution in [2.75, 3.05) is 0 Å². The van der Waals surface area contributed by atoms with Gasteiger partial charge < -0.3 is 9.52 Å². The SMILES string of the molecule is O=c1oc2ccccc2c(O)c1-c1cc(-c2ccccc2)nc(SCc2ccccc2)n1. The van der Waals surface area contributed by atoms with Crippen LogP contribution in [0.1, 0.15) is 5.56 Å². The second-order valence-corrected chi connectivity index (χ2v) is 8.11.